The summed E-state index contributed by atoms with van der Waals surface area (Å²) < 4.78 is 14.7. The average Bonchev–Trinajstić information content (AvgIpc) is 3.33. The first kappa shape index (κ1) is 27.7. The second-order valence-electron chi connectivity index (χ2n) is 10.5. The van der Waals surface area contributed by atoms with Crippen LogP contribution in [0, 0.1) is 0 Å². The van der Waals surface area contributed by atoms with Gasteiger partial charge in [-0.3, -0.25) is 4.99 Å². The SMILES string of the molecule is CC(=NC1CCN(C(=O)OC(C)(C)C)CC1)/C(=C\N)c1cc(O[C@H](C)c2ccccc2Br)c2ccnn2c1. The smallest absolute Gasteiger partial charge is 0.410 e. The average molecular weight is 583 g/mol. The maximum absolute atomic E-state index is 12.4. The number of benzene rings is 1. The molecule has 3 aromatic rings. The van der Waals surface area contributed by atoms with Crippen LogP contribution in [0.25, 0.3) is 11.1 Å². The largest absolute Gasteiger partial charge is 0.484 e. The third-order valence-corrected chi connectivity index (χ3v) is 7.20. The summed E-state index contributed by atoms with van der Waals surface area (Å²) in [7, 11) is 0. The van der Waals surface area contributed by atoms with E-state index in [0.29, 0.717) is 18.8 Å². The number of halogens is 1. The third kappa shape index (κ3) is 6.56. The number of carbonyl (C=O) groups is 1. The molecular weight excluding hydrogens is 546 g/mol. The van der Waals surface area contributed by atoms with Crippen molar-refractivity contribution >= 4 is 38.8 Å². The first-order valence-corrected chi connectivity index (χ1v) is 13.7. The van der Waals surface area contributed by atoms with Crippen molar-refractivity contribution in [2.45, 2.75) is 65.2 Å². The van der Waals surface area contributed by atoms with Gasteiger partial charge in [-0.25, -0.2) is 9.31 Å². The van der Waals surface area contributed by atoms with Crippen molar-refractivity contribution in [3.63, 3.8) is 0 Å². The summed E-state index contributed by atoms with van der Waals surface area (Å²) in [5.41, 5.74) is 10.1. The zero-order chi connectivity index (χ0) is 27.4. The first-order chi connectivity index (χ1) is 18.1. The monoisotopic (exact) mass is 581 g/mol. The maximum atomic E-state index is 12.4. The Bertz CT molecular complexity index is 1350. The lowest BCUT2D eigenvalue weighted by atomic mass is 10.0. The Labute approximate surface area is 232 Å². The number of allylic oxidation sites excluding steroid dienone is 1. The number of hydrogen-bond donors (Lipinski definition) is 1. The van der Waals surface area contributed by atoms with Crippen LogP contribution in [0.1, 0.15) is 64.7 Å². The number of aliphatic imine (C=N–C) groups is 1. The van der Waals surface area contributed by atoms with E-state index >= 15 is 0 Å². The van der Waals surface area contributed by atoms with E-state index in [1.165, 1.54) is 0 Å². The van der Waals surface area contributed by atoms with E-state index in [1.54, 1.807) is 21.8 Å². The molecule has 0 saturated carbocycles. The van der Waals surface area contributed by atoms with E-state index in [4.69, 9.17) is 20.2 Å². The van der Waals surface area contributed by atoms with Crippen LogP contribution in [0.2, 0.25) is 0 Å². The Balaban J connectivity index is 1.52. The summed E-state index contributed by atoms with van der Waals surface area (Å²) in [6.45, 7) is 10.9. The molecule has 2 aromatic heterocycles. The number of nitrogens with zero attached hydrogens (tertiary/aromatic N) is 4. The Hall–Kier alpha value is -3.33. The van der Waals surface area contributed by atoms with E-state index in [-0.39, 0.29) is 18.2 Å². The lowest BCUT2D eigenvalue weighted by Gasteiger charge is -2.32. The molecule has 38 heavy (non-hydrogen) atoms. The molecule has 1 atom stereocenters. The number of rotatable bonds is 6. The van der Waals surface area contributed by atoms with Crippen LogP contribution < -0.4 is 10.5 Å². The van der Waals surface area contributed by atoms with Crippen molar-refractivity contribution in [1.82, 2.24) is 14.5 Å². The minimum absolute atomic E-state index is 0.100. The van der Waals surface area contributed by atoms with Gasteiger partial charge in [-0.2, -0.15) is 5.10 Å². The molecular formula is C29H36BrN5O3. The van der Waals surface area contributed by atoms with E-state index < -0.39 is 5.60 Å². The number of nitrogens with two attached hydrogens (primary N) is 1. The molecule has 1 aliphatic rings. The van der Waals surface area contributed by atoms with Crippen LogP contribution in [0.3, 0.4) is 0 Å². The van der Waals surface area contributed by atoms with Crippen LogP contribution in [0.15, 0.2) is 64.5 Å². The van der Waals surface area contributed by atoms with Gasteiger partial charge in [0.1, 0.15) is 23.0 Å². The zero-order valence-corrected chi connectivity index (χ0v) is 24.2. The highest BCUT2D eigenvalue weighted by Crippen LogP contribution is 2.32. The lowest BCUT2D eigenvalue weighted by molar-refractivity contribution is 0.0207. The number of hydrogen-bond acceptors (Lipinski definition) is 6. The van der Waals surface area contributed by atoms with Crippen molar-refractivity contribution in [1.29, 1.82) is 0 Å². The Morgan fingerprint density at radius 3 is 2.61 bits per heavy atom. The summed E-state index contributed by atoms with van der Waals surface area (Å²) in [5, 5.41) is 4.45. The Kier molecular flexibility index (Phi) is 8.45. The van der Waals surface area contributed by atoms with Crippen LogP contribution in [0.4, 0.5) is 4.79 Å². The van der Waals surface area contributed by atoms with E-state index in [1.807, 2.05) is 77.2 Å². The number of carbonyl (C=O) groups excluding carboxylic acids is 1. The summed E-state index contributed by atoms with van der Waals surface area (Å²) in [4.78, 5) is 19.1. The third-order valence-electron chi connectivity index (χ3n) is 6.48. The molecule has 1 aliphatic heterocycles. The summed E-state index contributed by atoms with van der Waals surface area (Å²) in [6, 6.07) is 12.1. The fourth-order valence-corrected chi connectivity index (χ4v) is 5.18. The molecule has 2 N–H and O–H groups in total. The standard InChI is InChI=1S/C29H36BrN5O3/c1-19(33-22-11-14-34(15-12-22)28(36)38-29(3,4)5)24(17-31)21-16-27(26-10-13-32-35(26)18-21)37-20(2)23-8-6-7-9-25(23)30/h6-10,13,16-18,20,22H,11-12,14-15,31H2,1-5H3/b24-17+,33-19?/t20-/m1/s1. The Morgan fingerprint density at radius 2 is 1.95 bits per heavy atom. The lowest BCUT2D eigenvalue weighted by Crippen LogP contribution is -2.42. The van der Waals surface area contributed by atoms with E-state index in [9.17, 15) is 4.79 Å². The molecule has 1 amide bonds. The number of ether oxygens (including phenoxy) is 2. The van der Waals surface area contributed by atoms with Gasteiger partial charge < -0.3 is 20.1 Å². The highest BCUT2D eigenvalue weighted by molar-refractivity contribution is 9.10. The fourth-order valence-electron chi connectivity index (χ4n) is 4.57. The van der Waals surface area contributed by atoms with Gasteiger partial charge in [0.25, 0.3) is 0 Å². The first-order valence-electron chi connectivity index (χ1n) is 12.9. The zero-order valence-electron chi connectivity index (χ0n) is 22.6. The summed E-state index contributed by atoms with van der Waals surface area (Å²) in [6.07, 6.45) is 6.36. The molecule has 4 rings (SSSR count). The molecule has 9 heteroatoms. The molecule has 1 saturated heterocycles. The molecule has 8 nitrogen and oxygen atoms in total. The van der Waals surface area contributed by atoms with Crippen molar-refractivity contribution in [2.24, 2.45) is 10.7 Å². The predicted molar refractivity (Wildman–Crippen MR) is 154 cm³/mol. The van der Waals surface area contributed by atoms with Gasteiger partial charge in [0.05, 0.1) is 12.2 Å². The highest BCUT2D eigenvalue weighted by atomic mass is 79.9. The second kappa shape index (κ2) is 11.6. The minimum atomic E-state index is -0.503. The van der Waals surface area contributed by atoms with E-state index in [0.717, 1.165) is 45.2 Å². The molecule has 0 radical (unpaired) electrons. The van der Waals surface area contributed by atoms with Gasteiger partial charge in [-0.05, 0) is 65.7 Å². The normalized spacial score (nSPS) is 16.5. The number of pyridine rings is 1. The van der Waals surface area contributed by atoms with Gasteiger partial charge in [0, 0.05) is 52.4 Å². The van der Waals surface area contributed by atoms with Crippen molar-refractivity contribution < 1.29 is 14.3 Å². The molecule has 1 aromatic carbocycles. The van der Waals surface area contributed by atoms with Crippen molar-refractivity contribution in [3.05, 3.63) is 70.6 Å². The highest BCUT2D eigenvalue weighted by Gasteiger charge is 2.27. The van der Waals surface area contributed by atoms with Gasteiger partial charge in [0.2, 0.25) is 0 Å². The Morgan fingerprint density at radius 1 is 1.24 bits per heavy atom. The number of piperidine rings is 1. The minimum Gasteiger partial charge on any atom is -0.484 e. The molecule has 3 heterocycles. The van der Waals surface area contributed by atoms with Gasteiger partial charge in [0.15, 0.2) is 0 Å². The molecule has 0 bridgehead atoms. The number of fused-ring (bicyclic) bond motifs is 1. The van der Waals surface area contributed by atoms with Gasteiger partial charge in [-0.1, -0.05) is 34.1 Å². The van der Waals surface area contributed by atoms with Crippen LogP contribution >= 0.6 is 15.9 Å². The summed E-state index contributed by atoms with van der Waals surface area (Å²) in [5.74, 6) is 0.709. The fraction of sp³-hybridized carbons (Fsp3) is 0.414. The van der Waals surface area contributed by atoms with Crippen LogP contribution in [-0.4, -0.2) is 51.1 Å². The molecule has 0 unspecified atom stereocenters. The van der Waals surface area contributed by atoms with Crippen molar-refractivity contribution in [3.8, 4) is 5.75 Å². The van der Waals surface area contributed by atoms with Crippen LogP contribution in [0.5, 0.6) is 5.75 Å². The number of aromatic nitrogens is 2. The molecule has 1 fully saturated rings. The van der Waals surface area contributed by atoms with Gasteiger partial charge in [-0.15, -0.1) is 0 Å². The van der Waals surface area contributed by atoms with Crippen LogP contribution in [-0.2, 0) is 4.74 Å². The maximum Gasteiger partial charge on any atom is 0.410 e. The molecule has 202 valence electrons. The quantitative estimate of drug-likeness (QED) is 0.340. The topological polar surface area (TPSA) is 94.5 Å². The van der Waals surface area contributed by atoms with Gasteiger partial charge >= 0.3 is 6.09 Å². The second-order valence-corrected chi connectivity index (χ2v) is 11.4. The summed E-state index contributed by atoms with van der Waals surface area (Å²) >= 11 is 3.62. The molecule has 0 aliphatic carbocycles. The number of amides is 1. The predicted octanol–water partition coefficient (Wildman–Crippen LogP) is 6.40. The number of likely N-dealkylation sites (tertiary alicyclic amines) is 1. The van der Waals surface area contributed by atoms with E-state index in [2.05, 4.69) is 21.0 Å². The molecule has 0 spiro atoms. The van der Waals surface area contributed by atoms with Crippen molar-refractivity contribution in [2.75, 3.05) is 13.1 Å².